The highest BCUT2D eigenvalue weighted by molar-refractivity contribution is 6.07. The molecule has 10 nitrogen and oxygen atoms in total. The van der Waals surface area contributed by atoms with E-state index in [4.69, 9.17) is 9.47 Å². The molecular weight excluding hydrogens is 468 g/mol. The number of amides is 2. The van der Waals surface area contributed by atoms with Crippen molar-refractivity contribution in [3.8, 4) is 0 Å². The average Bonchev–Trinajstić information content (AvgIpc) is 2.79. The number of hydrogen-bond acceptors (Lipinski definition) is 8. The number of hydrogen-bond donors (Lipinski definition) is 4. The van der Waals surface area contributed by atoms with Crippen LogP contribution in [0.25, 0.3) is 0 Å². The molecule has 0 aromatic rings. The van der Waals surface area contributed by atoms with Gasteiger partial charge >= 0.3 is 11.9 Å². The highest BCUT2D eigenvalue weighted by atomic mass is 16.6. The smallest absolute Gasteiger partial charge is 0.331 e. The molecule has 10 heteroatoms. The van der Waals surface area contributed by atoms with E-state index in [1.54, 1.807) is 27.7 Å². The number of esters is 2. The maximum Gasteiger partial charge on any atom is 0.331 e. The first-order valence-electron chi connectivity index (χ1n) is 13.1. The summed E-state index contributed by atoms with van der Waals surface area (Å²) in [7, 11) is 0. The Morgan fingerprint density at radius 2 is 1.11 bits per heavy atom. The second-order valence-electron chi connectivity index (χ2n) is 10.9. The minimum absolute atomic E-state index is 0.202. The van der Waals surface area contributed by atoms with Gasteiger partial charge in [0.25, 0.3) is 0 Å². The van der Waals surface area contributed by atoms with Crippen LogP contribution in [0.4, 0.5) is 0 Å². The SMILES string of the molecule is CCCC(C)(C)OC(=O)[C@@H](CO)NC(=O)C1(C(=O)N[C@H](CO)C(=O)OC(C)(C)CCC)CCCCC1. The van der Waals surface area contributed by atoms with E-state index in [2.05, 4.69) is 10.6 Å². The van der Waals surface area contributed by atoms with Crippen LogP contribution in [0.5, 0.6) is 0 Å². The fourth-order valence-corrected chi connectivity index (χ4v) is 4.66. The number of nitrogens with one attached hydrogen (secondary N) is 2. The second kappa shape index (κ2) is 13.9. The molecule has 0 radical (unpaired) electrons. The summed E-state index contributed by atoms with van der Waals surface area (Å²) in [6, 6.07) is -2.68. The lowest BCUT2D eigenvalue weighted by Crippen LogP contribution is -2.59. The van der Waals surface area contributed by atoms with E-state index < -0.39 is 65.7 Å². The fourth-order valence-electron chi connectivity index (χ4n) is 4.66. The van der Waals surface area contributed by atoms with Crippen LogP contribution in [0, 0.1) is 5.41 Å². The molecule has 2 atom stereocenters. The molecule has 0 aromatic carbocycles. The predicted octanol–water partition coefficient (Wildman–Crippen LogP) is 2.13. The van der Waals surface area contributed by atoms with Gasteiger partial charge in [0.1, 0.15) is 16.6 Å². The molecule has 36 heavy (non-hydrogen) atoms. The topological polar surface area (TPSA) is 151 Å². The van der Waals surface area contributed by atoms with Gasteiger partial charge in [-0.1, -0.05) is 46.0 Å². The van der Waals surface area contributed by atoms with Crippen molar-refractivity contribution in [1.82, 2.24) is 10.6 Å². The zero-order valence-electron chi connectivity index (χ0n) is 22.8. The number of ether oxygens (including phenoxy) is 2. The van der Waals surface area contributed by atoms with Crippen LogP contribution >= 0.6 is 0 Å². The molecule has 0 heterocycles. The number of aliphatic hydroxyl groups excluding tert-OH is 2. The Balaban J connectivity index is 3.05. The van der Waals surface area contributed by atoms with Gasteiger partial charge in [-0.3, -0.25) is 9.59 Å². The first-order valence-corrected chi connectivity index (χ1v) is 13.1. The number of carbonyl (C=O) groups is 4. The zero-order chi connectivity index (χ0) is 27.6. The Morgan fingerprint density at radius 1 is 0.750 bits per heavy atom. The van der Waals surface area contributed by atoms with Gasteiger partial charge in [0.2, 0.25) is 11.8 Å². The lowest BCUT2D eigenvalue weighted by Gasteiger charge is -2.36. The van der Waals surface area contributed by atoms with Crippen molar-refractivity contribution >= 4 is 23.8 Å². The van der Waals surface area contributed by atoms with Gasteiger partial charge < -0.3 is 30.3 Å². The summed E-state index contributed by atoms with van der Waals surface area (Å²) in [5, 5.41) is 24.6. The largest absolute Gasteiger partial charge is 0.458 e. The van der Waals surface area contributed by atoms with E-state index in [9.17, 15) is 29.4 Å². The summed E-state index contributed by atoms with van der Waals surface area (Å²) in [4.78, 5) is 52.2. The highest BCUT2D eigenvalue weighted by Crippen LogP contribution is 2.37. The van der Waals surface area contributed by atoms with E-state index in [1.165, 1.54) is 0 Å². The van der Waals surface area contributed by atoms with Crippen LogP contribution in [0.1, 0.15) is 99.3 Å². The van der Waals surface area contributed by atoms with E-state index in [-0.39, 0.29) is 12.8 Å². The fraction of sp³-hybridized carbons (Fsp3) is 0.846. The van der Waals surface area contributed by atoms with Crippen LogP contribution in [0.3, 0.4) is 0 Å². The summed E-state index contributed by atoms with van der Waals surface area (Å²) < 4.78 is 11.0. The normalized spacial score (nSPS) is 17.4. The van der Waals surface area contributed by atoms with Crippen LogP contribution in [0.2, 0.25) is 0 Å². The summed E-state index contributed by atoms with van der Waals surface area (Å²) in [5.74, 6) is -3.02. The van der Waals surface area contributed by atoms with Gasteiger partial charge in [-0.25, -0.2) is 9.59 Å². The van der Waals surface area contributed by atoms with Gasteiger partial charge in [0, 0.05) is 0 Å². The molecule has 0 bridgehead atoms. The van der Waals surface area contributed by atoms with Crippen LogP contribution in [-0.4, -0.2) is 70.5 Å². The van der Waals surface area contributed by atoms with Crippen molar-refractivity contribution < 1.29 is 38.9 Å². The molecule has 1 aliphatic rings. The molecule has 0 aromatic heterocycles. The third-order valence-corrected chi connectivity index (χ3v) is 6.58. The molecule has 0 saturated heterocycles. The van der Waals surface area contributed by atoms with Crippen molar-refractivity contribution in [3.05, 3.63) is 0 Å². The van der Waals surface area contributed by atoms with Crippen molar-refractivity contribution in [2.75, 3.05) is 13.2 Å². The third kappa shape index (κ3) is 9.03. The Bertz CT molecular complexity index is 703. The molecule has 1 aliphatic carbocycles. The van der Waals surface area contributed by atoms with Crippen LogP contribution in [0.15, 0.2) is 0 Å². The first kappa shape index (κ1) is 31.8. The Labute approximate surface area is 214 Å². The average molecular weight is 515 g/mol. The molecule has 0 unspecified atom stereocenters. The maximum atomic E-state index is 13.4. The molecule has 0 spiro atoms. The molecule has 1 fully saturated rings. The summed E-state index contributed by atoms with van der Waals surface area (Å²) >= 11 is 0. The first-order chi connectivity index (χ1) is 16.8. The van der Waals surface area contributed by atoms with E-state index in [0.717, 1.165) is 19.3 Å². The maximum absolute atomic E-state index is 13.4. The third-order valence-electron chi connectivity index (χ3n) is 6.58. The Kier molecular flexibility index (Phi) is 12.3. The number of aliphatic hydroxyl groups is 2. The number of rotatable bonds is 14. The lowest BCUT2D eigenvalue weighted by atomic mass is 9.72. The molecule has 4 N–H and O–H groups in total. The van der Waals surface area contributed by atoms with E-state index >= 15 is 0 Å². The Hall–Kier alpha value is -2.20. The predicted molar refractivity (Wildman–Crippen MR) is 134 cm³/mol. The van der Waals surface area contributed by atoms with Gasteiger partial charge in [-0.05, 0) is 53.4 Å². The lowest BCUT2D eigenvalue weighted by molar-refractivity contribution is -0.165. The minimum Gasteiger partial charge on any atom is -0.458 e. The van der Waals surface area contributed by atoms with Crippen molar-refractivity contribution in [2.24, 2.45) is 5.41 Å². The molecular formula is C26H46N2O8. The highest BCUT2D eigenvalue weighted by Gasteiger charge is 2.48. The van der Waals surface area contributed by atoms with Gasteiger partial charge in [0.15, 0.2) is 12.1 Å². The van der Waals surface area contributed by atoms with E-state index in [0.29, 0.717) is 25.7 Å². The minimum atomic E-state index is -1.56. The number of carbonyl (C=O) groups excluding carboxylic acids is 4. The zero-order valence-corrected chi connectivity index (χ0v) is 22.8. The summed E-state index contributed by atoms with van der Waals surface area (Å²) in [6.07, 6.45) is 5.19. The standard InChI is InChI=1S/C26H46N2O8/c1-7-12-24(3,4)35-20(31)18(16-29)27-22(33)26(14-10-9-11-15-26)23(34)28-19(17-30)21(32)36-25(5,6)13-8-2/h18-19,29-30H,7-17H2,1-6H3,(H,27,33)(H,28,34)/t18-,19-/m1/s1. The molecule has 1 saturated carbocycles. The van der Waals surface area contributed by atoms with Crippen LogP contribution < -0.4 is 10.6 Å². The molecule has 0 aliphatic heterocycles. The second-order valence-corrected chi connectivity index (χ2v) is 10.9. The summed E-state index contributed by atoms with van der Waals surface area (Å²) in [6.45, 7) is 9.50. The van der Waals surface area contributed by atoms with Crippen LogP contribution in [-0.2, 0) is 28.7 Å². The molecule has 208 valence electrons. The van der Waals surface area contributed by atoms with E-state index in [1.807, 2.05) is 13.8 Å². The summed E-state index contributed by atoms with van der Waals surface area (Å²) in [5.41, 5.74) is -3.11. The van der Waals surface area contributed by atoms with Crippen molar-refractivity contribution in [2.45, 2.75) is 123 Å². The van der Waals surface area contributed by atoms with Crippen molar-refractivity contribution in [3.63, 3.8) is 0 Å². The molecule has 1 rings (SSSR count). The van der Waals surface area contributed by atoms with Gasteiger partial charge in [-0.2, -0.15) is 0 Å². The monoisotopic (exact) mass is 514 g/mol. The van der Waals surface area contributed by atoms with Gasteiger partial charge in [-0.15, -0.1) is 0 Å². The Morgan fingerprint density at radius 3 is 1.42 bits per heavy atom. The van der Waals surface area contributed by atoms with Crippen molar-refractivity contribution in [1.29, 1.82) is 0 Å². The quantitative estimate of drug-likeness (QED) is 0.203. The van der Waals surface area contributed by atoms with Gasteiger partial charge in [0.05, 0.1) is 13.2 Å². The molecule has 2 amide bonds.